The monoisotopic (exact) mass is 473 g/mol. The molecule has 3 rings (SSSR count). The average molecular weight is 473 g/mol. The molecule has 0 saturated heterocycles. The number of aromatic nitrogens is 3. The lowest BCUT2D eigenvalue weighted by Crippen LogP contribution is -2.39. The molecule has 0 spiro atoms. The zero-order chi connectivity index (χ0) is 23.0. The van der Waals surface area contributed by atoms with Crippen molar-refractivity contribution >= 4 is 28.0 Å². The van der Waals surface area contributed by atoms with E-state index in [0.717, 1.165) is 21.3 Å². The Bertz CT molecular complexity index is 1380. The minimum absolute atomic E-state index is 0.0997. The average Bonchev–Trinajstić information content (AvgIpc) is 2.67. The van der Waals surface area contributed by atoms with Gasteiger partial charge in [-0.3, -0.25) is 4.98 Å². The van der Waals surface area contributed by atoms with Crippen LogP contribution in [-0.2, 0) is 7.05 Å². The Morgan fingerprint density at radius 2 is 1.74 bits per heavy atom. The van der Waals surface area contributed by atoms with Gasteiger partial charge in [-0.25, -0.2) is 18.7 Å². The summed E-state index contributed by atoms with van der Waals surface area (Å²) in [5, 5.41) is 0. The summed E-state index contributed by atoms with van der Waals surface area (Å²) in [5.41, 5.74) is -0.989. The first-order valence-corrected chi connectivity index (χ1v) is 11.1. The summed E-state index contributed by atoms with van der Waals surface area (Å²) < 4.78 is 53.3. The summed E-state index contributed by atoms with van der Waals surface area (Å²) in [7, 11) is -5.05. The minimum atomic E-state index is -6.35. The van der Waals surface area contributed by atoms with E-state index in [0.29, 0.717) is 5.69 Å². The number of H-pyrrole nitrogens is 1. The molecule has 7 nitrogen and oxygen atoms in total. The van der Waals surface area contributed by atoms with Crippen molar-refractivity contribution in [3.05, 3.63) is 68.2 Å². The van der Waals surface area contributed by atoms with Gasteiger partial charge in [0.15, 0.2) is 26.2 Å². The van der Waals surface area contributed by atoms with Crippen LogP contribution in [0.5, 0.6) is 17.2 Å². The first-order valence-electron chi connectivity index (χ1n) is 8.80. The van der Waals surface area contributed by atoms with Crippen LogP contribution in [0.4, 0.5) is 11.7 Å². The summed E-state index contributed by atoms with van der Waals surface area (Å²) in [4.78, 5) is 25.7. The van der Waals surface area contributed by atoms with Crippen molar-refractivity contribution in [1.82, 2.24) is 14.1 Å². The number of aromatic amines is 1. The van der Waals surface area contributed by atoms with Gasteiger partial charge < -0.3 is 9.47 Å². The van der Waals surface area contributed by atoms with Crippen molar-refractivity contribution in [3.63, 3.8) is 0 Å². The molecule has 0 atom stereocenters. The van der Waals surface area contributed by atoms with Gasteiger partial charge in [0, 0.05) is 13.1 Å². The number of ether oxygens (including phenoxy) is 2. The number of rotatable bonds is 6. The van der Waals surface area contributed by atoms with Crippen LogP contribution in [0.15, 0.2) is 56.9 Å². The van der Waals surface area contributed by atoms with Crippen LogP contribution in [0.3, 0.4) is 0 Å². The lowest BCUT2D eigenvalue weighted by molar-refractivity contribution is 0.321. The van der Waals surface area contributed by atoms with E-state index in [1.165, 1.54) is 37.4 Å². The maximum atomic E-state index is 13.4. The molecule has 3 aromatic rings. The van der Waals surface area contributed by atoms with Crippen LogP contribution in [0, 0.1) is 4.77 Å². The molecule has 0 aliphatic carbocycles. The zero-order valence-corrected chi connectivity index (χ0v) is 18.1. The number of nitrogens with one attached hydrogen (secondary N) is 1. The summed E-state index contributed by atoms with van der Waals surface area (Å²) in [6, 6.07) is 8.66. The normalized spacial score (nSPS) is 12.7. The lowest BCUT2D eigenvalue weighted by Gasteiger charge is -2.21. The Labute approximate surface area is 180 Å². The molecule has 1 N–H and O–H groups in total. The lowest BCUT2D eigenvalue weighted by atomic mass is 10.2. The van der Waals surface area contributed by atoms with E-state index in [2.05, 4.69) is 10.9 Å². The van der Waals surface area contributed by atoms with E-state index in [1.807, 2.05) is 0 Å². The van der Waals surface area contributed by atoms with Gasteiger partial charge in [0.1, 0.15) is 5.75 Å². The fourth-order valence-electron chi connectivity index (χ4n) is 2.66. The van der Waals surface area contributed by atoms with Crippen molar-refractivity contribution in [3.8, 4) is 22.9 Å². The molecule has 2 aromatic carbocycles. The number of hydrogen-bond donors (Lipinski definition) is 1. The second kappa shape index (κ2) is 7.85. The third-order valence-electron chi connectivity index (χ3n) is 4.17. The van der Waals surface area contributed by atoms with Crippen LogP contribution in [0.2, 0.25) is 0 Å². The van der Waals surface area contributed by atoms with Gasteiger partial charge in [-0.15, -0.1) is 11.7 Å². The SMILES string of the molecule is C=S(F)(F)(F)c1ccc(Oc2ccc(-n3c(=S)[nH]c(=O)n(C)c3=O)cc2OCC)cc1. The Kier molecular flexibility index (Phi) is 5.72. The van der Waals surface area contributed by atoms with Crippen molar-refractivity contribution in [2.75, 3.05) is 6.61 Å². The van der Waals surface area contributed by atoms with Crippen LogP contribution in [-0.4, -0.2) is 26.6 Å². The van der Waals surface area contributed by atoms with Crippen LogP contribution in [0.25, 0.3) is 5.69 Å². The third kappa shape index (κ3) is 4.80. The summed E-state index contributed by atoms with van der Waals surface area (Å²) in [6.45, 7) is 1.99. The summed E-state index contributed by atoms with van der Waals surface area (Å²) in [6.07, 6.45) is 0. The Morgan fingerprint density at radius 3 is 2.32 bits per heavy atom. The minimum Gasteiger partial charge on any atom is -0.490 e. The molecule has 0 unspecified atom stereocenters. The highest BCUT2D eigenvalue weighted by Gasteiger charge is 2.29. The molecule has 1 aromatic heterocycles. The van der Waals surface area contributed by atoms with Gasteiger partial charge >= 0.3 is 11.4 Å². The quantitative estimate of drug-likeness (QED) is 0.531. The topological polar surface area (TPSA) is 78.2 Å². The standard InChI is InChI=1S/C19H18F3N3O4S2/c1-4-28-16-11-12(25-18(30)23-17(26)24(2)19(25)27)5-10-15(16)29-13-6-8-14(9-7-13)31(3,20,21)22/h5-11H,3-4H2,1-2H3,(H,23,26,30). The van der Waals surface area contributed by atoms with Crippen molar-refractivity contribution < 1.29 is 21.1 Å². The molecule has 1 heterocycles. The molecule has 12 heteroatoms. The molecular weight excluding hydrogens is 455 g/mol. The number of nitrogens with zero attached hydrogens (tertiary/aromatic N) is 2. The molecule has 0 aliphatic rings. The van der Waals surface area contributed by atoms with Gasteiger partial charge in [0.05, 0.1) is 17.2 Å². The van der Waals surface area contributed by atoms with Crippen LogP contribution in [0.1, 0.15) is 6.92 Å². The van der Waals surface area contributed by atoms with E-state index < -0.39 is 26.2 Å². The molecule has 0 aliphatic heterocycles. The van der Waals surface area contributed by atoms with Gasteiger partial charge in [0.25, 0.3) is 0 Å². The van der Waals surface area contributed by atoms with Crippen LogP contribution >= 0.6 is 22.1 Å². The second-order valence-electron chi connectivity index (χ2n) is 6.43. The summed E-state index contributed by atoms with van der Waals surface area (Å²) in [5.74, 6) is 2.99. The molecule has 0 amide bonds. The second-order valence-corrected chi connectivity index (χ2v) is 9.04. The highest BCUT2D eigenvalue weighted by atomic mass is 32.4. The van der Waals surface area contributed by atoms with Crippen molar-refractivity contribution in [2.24, 2.45) is 7.05 Å². The zero-order valence-electron chi connectivity index (χ0n) is 16.4. The largest absolute Gasteiger partial charge is 0.490 e. The van der Waals surface area contributed by atoms with E-state index in [9.17, 15) is 21.2 Å². The summed E-state index contributed by atoms with van der Waals surface area (Å²) >= 11 is 5.09. The van der Waals surface area contributed by atoms with Gasteiger partial charge in [-0.05, 0) is 61.4 Å². The molecule has 0 saturated carbocycles. The number of hydrogen-bond acceptors (Lipinski definition) is 5. The van der Waals surface area contributed by atoms with Gasteiger partial charge in [-0.2, -0.15) is 0 Å². The third-order valence-corrected chi connectivity index (χ3v) is 5.60. The smallest absolute Gasteiger partial charge is 0.338 e. The highest BCUT2D eigenvalue weighted by molar-refractivity contribution is 8.34. The first-order chi connectivity index (χ1) is 14.4. The number of benzene rings is 2. The van der Waals surface area contributed by atoms with Crippen LogP contribution < -0.4 is 20.9 Å². The van der Waals surface area contributed by atoms with E-state index in [4.69, 9.17) is 21.7 Å². The molecule has 0 fully saturated rings. The molecular formula is C19H18F3N3O4S2. The Morgan fingerprint density at radius 1 is 1.10 bits per heavy atom. The maximum absolute atomic E-state index is 13.4. The Hall–Kier alpha value is -3.12. The predicted molar refractivity (Wildman–Crippen MR) is 116 cm³/mol. The fourth-order valence-corrected chi connectivity index (χ4v) is 3.56. The fraction of sp³-hybridized carbons (Fsp3) is 0.158. The molecule has 0 radical (unpaired) electrons. The van der Waals surface area contributed by atoms with Crippen molar-refractivity contribution in [2.45, 2.75) is 11.8 Å². The molecule has 166 valence electrons. The number of halogens is 3. The van der Waals surface area contributed by atoms with E-state index >= 15 is 0 Å². The molecule has 0 bridgehead atoms. The van der Waals surface area contributed by atoms with Gasteiger partial charge in [-0.1, -0.05) is 0 Å². The first kappa shape index (κ1) is 22.6. The molecule has 31 heavy (non-hydrogen) atoms. The van der Waals surface area contributed by atoms with Gasteiger partial charge in [0.2, 0.25) is 0 Å². The van der Waals surface area contributed by atoms with Crippen molar-refractivity contribution in [1.29, 1.82) is 0 Å². The highest BCUT2D eigenvalue weighted by Crippen LogP contribution is 2.68. The van der Waals surface area contributed by atoms with E-state index in [1.54, 1.807) is 6.92 Å². The Balaban J connectivity index is 2.02. The maximum Gasteiger partial charge on any atom is 0.338 e. The predicted octanol–water partition coefficient (Wildman–Crippen LogP) is 4.57. The van der Waals surface area contributed by atoms with E-state index in [-0.39, 0.29) is 28.6 Å².